The van der Waals surface area contributed by atoms with Crippen LogP contribution < -0.4 is 11.1 Å². The van der Waals surface area contributed by atoms with Crippen molar-refractivity contribution in [3.8, 4) is 0 Å². The maximum absolute atomic E-state index is 11.9. The molecular formula is C15H22Cl2N2O. The highest BCUT2D eigenvalue weighted by molar-refractivity contribution is 6.30. The summed E-state index contributed by atoms with van der Waals surface area (Å²) in [4.78, 5) is 11.9. The van der Waals surface area contributed by atoms with Gasteiger partial charge in [-0.05, 0) is 42.9 Å². The van der Waals surface area contributed by atoms with Gasteiger partial charge in [0.1, 0.15) is 0 Å². The van der Waals surface area contributed by atoms with E-state index >= 15 is 0 Å². The van der Waals surface area contributed by atoms with Crippen LogP contribution in [0.15, 0.2) is 24.3 Å². The van der Waals surface area contributed by atoms with Gasteiger partial charge < -0.3 is 11.1 Å². The summed E-state index contributed by atoms with van der Waals surface area (Å²) in [5, 5.41) is 3.83. The number of carbonyl (C=O) groups is 1. The van der Waals surface area contributed by atoms with Crippen molar-refractivity contribution < 1.29 is 4.79 Å². The molecule has 0 spiro atoms. The first-order chi connectivity index (χ1) is 8.97. The second kappa shape index (κ2) is 7.30. The largest absolute Gasteiger partial charge is 0.349 e. The van der Waals surface area contributed by atoms with E-state index in [2.05, 4.69) is 12.2 Å². The van der Waals surface area contributed by atoms with Crippen molar-refractivity contribution in [3.63, 3.8) is 0 Å². The van der Waals surface area contributed by atoms with E-state index in [1.807, 2.05) is 31.2 Å². The van der Waals surface area contributed by atoms with Gasteiger partial charge in [0.25, 0.3) is 0 Å². The van der Waals surface area contributed by atoms with Crippen LogP contribution in [0.3, 0.4) is 0 Å². The molecule has 4 atom stereocenters. The van der Waals surface area contributed by atoms with Gasteiger partial charge in [-0.1, -0.05) is 30.7 Å². The quantitative estimate of drug-likeness (QED) is 0.875. The Labute approximate surface area is 131 Å². The van der Waals surface area contributed by atoms with Crippen LogP contribution >= 0.6 is 24.0 Å². The standard InChI is InChI=1S/C15H21ClN2O.ClH/c1-9-7-13(9)15(18-14(19)8-10(2)17)11-3-5-12(16)6-4-11;/h3-6,9-10,13,15H,7-8,17H2,1-2H3,(H,18,19);1H. The summed E-state index contributed by atoms with van der Waals surface area (Å²) in [6.07, 6.45) is 1.52. The first-order valence-electron chi connectivity index (χ1n) is 6.77. The van der Waals surface area contributed by atoms with Crippen molar-refractivity contribution in [1.29, 1.82) is 0 Å². The molecule has 0 bridgehead atoms. The lowest BCUT2D eigenvalue weighted by Gasteiger charge is -2.20. The molecule has 1 aromatic rings. The van der Waals surface area contributed by atoms with E-state index in [4.69, 9.17) is 17.3 Å². The number of benzene rings is 1. The Bertz CT molecular complexity index is 448. The minimum atomic E-state index is -0.109. The predicted molar refractivity (Wildman–Crippen MR) is 85.1 cm³/mol. The Morgan fingerprint density at radius 2 is 2.00 bits per heavy atom. The summed E-state index contributed by atoms with van der Waals surface area (Å²) in [6.45, 7) is 4.06. The Hall–Kier alpha value is -0.770. The summed E-state index contributed by atoms with van der Waals surface area (Å²) in [6, 6.07) is 7.69. The monoisotopic (exact) mass is 316 g/mol. The van der Waals surface area contributed by atoms with Gasteiger partial charge in [0, 0.05) is 17.5 Å². The zero-order valence-corrected chi connectivity index (χ0v) is 13.4. The molecule has 112 valence electrons. The number of amides is 1. The van der Waals surface area contributed by atoms with Gasteiger partial charge in [0.05, 0.1) is 6.04 Å². The molecule has 2 rings (SSSR count). The molecule has 0 saturated heterocycles. The van der Waals surface area contributed by atoms with Gasteiger partial charge in [-0.15, -0.1) is 12.4 Å². The Morgan fingerprint density at radius 1 is 1.45 bits per heavy atom. The second-order valence-electron chi connectivity index (χ2n) is 5.65. The lowest BCUT2D eigenvalue weighted by Crippen LogP contribution is -2.34. The molecule has 1 saturated carbocycles. The number of carbonyl (C=O) groups excluding carboxylic acids is 1. The molecule has 20 heavy (non-hydrogen) atoms. The average Bonchev–Trinajstić information content (AvgIpc) is 3.03. The van der Waals surface area contributed by atoms with Crippen LogP contribution in [0.4, 0.5) is 0 Å². The summed E-state index contributed by atoms with van der Waals surface area (Å²) in [7, 11) is 0. The molecule has 3 nitrogen and oxygen atoms in total. The van der Waals surface area contributed by atoms with Gasteiger partial charge in [-0.25, -0.2) is 0 Å². The number of nitrogens with one attached hydrogen (secondary N) is 1. The average molecular weight is 317 g/mol. The SMILES string of the molecule is CC(N)CC(=O)NC(c1ccc(Cl)cc1)C1CC1C.Cl. The molecule has 0 heterocycles. The van der Waals surface area contributed by atoms with Crippen LogP contribution in [0.1, 0.15) is 38.3 Å². The van der Waals surface area contributed by atoms with Crippen LogP contribution in [0, 0.1) is 11.8 Å². The van der Waals surface area contributed by atoms with E-state index in [1.165, 1.54) is 0 Å². The predicted octanol–water partition coefficient (Wildman–Crippen LogP) is 3.31. The van der Waals surface area contributed by atoms with E-state index in [0.717, 1.165) is 12.0 Å². The number of nitrogens with two attached hydrogens (primary N) is 1. The molecule has 5 heteroatoms. The number of halogens is 2. The van der Waals surface area contributed by atoms with Gasteiger partial charge in [0.15, 0.2) is 0 Å². The van der Waals surface area contributed by atoms with Crippen molar-refractivity contribution >= 4 is 29.9 Å². The zero-order valence-electron chi connectivity index (χ0n) is 11.8. The Kier molecular flexibility index (Phi) is 6.31. The highest BCUT2D eigenvalue weighted by Gasteiger charge is 2.40. The highest BCUT2D eigenvalue weighted by Crippen LogP contribution is 2.47. The van der Waals surface area contributed by atoms with Crippen molar-refractivity contribution in [3.05, 3.63) is 34.9 Å². The molecule has 1 aliphatic rings. The fraction of sp³-hybridized carbons (Fsp3) is 0.533. The third-order valence-electron chi connectivity index (χ3n) is 3.65. The topological polar surface area (TPSA) is 55.1 Å². The summed E-state index contributed by atoms with van der Waals surface area (Å²) < 4.78 is 0. The van der Waals surface area contributed by atoms with Gasteiger partial charge in [-0.3, -0.25) is 4.79 Å². The van der Waals surface area contributed by atoms with Crippen molar-refractivity contribution in [2.75, 3.05) is 0 Å². The normalized spacial score (nSPS) is 23.4. The molecule has 1 aliphatic carbocycles. The fourth-order valence-corrected chi connectivity index (χ4v) is 2.57. The van der Waals surface area contributed by atoms with E-state index in [9.17, 15) is 4.79 Å². The minimum absolute atomic E-state index is 0. The first-order valence-corrected chi connectivity index (χ1v) is 7.15. The molecule has 0 radical (unpaired) electrons. The van der Waals surface area contributed by atoms with Crippen LogP contribution in [0.2, 0.25) is 5.02 Å². The first kappa shape index (κ1) is 17.3. The van der Waals surface area contributed by atoms with Crippen molar-refractivity contribution in [2.45, 2.75) is 38.8 Å². The second-order valence-corrected chi connectivity index (χ2v) is 6.09. The molecule has 1 amide bonds. The van der Waals surface area contributed by atoms with E-state index in [-0.39, 0.29) is 30.4 Å². The van der Waals surface area contributed by atoms with E-state index < -0.39 is 0 Å². The van der Waals surface area contributed by atoms with Crippen molar-refractivity contribution in [2.24, 2.45) is 17.6 Å². The lowest BCUT2D eigenvalue weighted by atomic mass is 10.0. The Balaban J connectivity index is 0.00000200. The number of hydrogen-bond donors (Lipinski definition) is 2. The van der Waals surface area contributed by atoms with Gasteiger partial charge in [-0.2, -0.15) is 0 Å². The zero-order chi connectivity index (χ0) is 14.0. The summed E-state index contributed by atoms with van der Waals surface area (Å²) >= 11 is 5.91. The van der Waals surface area contributed by atoms with Crippen LogP contribution in [-0.2, 0) is 4.79 Å². The minimum Gasteiger partial charge on any atom is -0.349 e. The van der Waals surface area contributed by atoms with Crippen LogP contribution in [-0.4, -0.2) is 11.9 Å². The maximum Gasteiger partial charge on any atom is 0.222 e. The third-order valence-corrected chi connectivity index (χ3v) is 3.90. The van der Waals surface area contributed by atoms with Gasteiger partial charge >= 0.3 is 0 Å². The van der Waals surface area contributed by atoms with Crippen LogP contribution in [0.25, 0.3) is 0 Å². The van der Waals surface area contributed by atoms with Gasteiger partial charge in [0.2, 0.25) is 5.91 Å². The summed E-state index contributed by atoms with van der Waals surface area (Å²) in [5.74, 6) is 1.21. The van der Waals surface area contributed by atoms with E-state index in [0.29, 0.717) is 23.3 Å². The molecule has 4 unspecified atom stereocenters. The summed E-state index contributed by atoms with van der Waals surface area (Å²) in [5.41, 5.74) is 6.79. The number of hydrogen-bond acceptors (Lipinski definition) is 2. The lowest BCUT2D eigenvalue weighted by molar-refractivity contribution is -0.122. The fourth-order valence-electron chi connectivity index (χ4n) is 2.45. The number of rotatable bonds is 5. The molecular weight excluding hydrogens is 295 g/mol. The molecule has 3 N–H and O–H groups in total. The molecule has 1 fully saturated rings. The van der Waals surface area contributed by atoms with Crippen molar-refractivity contribution in [1.82, 2.24) is 5.32 Å². The molecule has 0 aliphatic heterocycles. The molecule has 0 aromatic heterocycles. The third kappa shape index (κ3) is 4.65. The maximum atomic E-state index is 11.9. The Morgan fingerprint density at radius 3 is 2.45 bits per heavy atom. The van der Waals surface area contributed by atoms with Crippen LogP contribution in [0.5, 0.6) is 0 Å². The van der Waals surface area contributed by atoms with E-state index in [1.54, 1.807) is 0 Å². The highest BCUT2D eigenvalue weighted by atomic mass is 35.5. The molecule has 1 aromatic carbocycles. The smallest absolute Gasteiger partial charge is 0.222 e.